The molecule has 10 heavy (non-hydrogen) atoms. The Balaban J connectivity index is 3.27. The maximum Gasteiger partial charge on any atom is 0.174 e. The zero-order valence-electron chi connectivity index (χ0n) is 7.06. The molecule has 62 valence electrons. The standard InChI is InChI=1S/C7H17ClOSi/c1-4-9-10(3)6-7(2)5-8/h7,10H,4-6H2,1-3H3. The number of rotatable bonds is 5. The predicted molar refractivity (Wildman–Crippen MR) is 49.3 cm³/mol. The third-order valence-electron chi connectivity index (χ3n) is 1.45. The van der Waals surface area contributed by atoms with Crippen LogP contribution in [0.4, 0.5) is 0 Å². The molecule has 0 amide bonds. The molecule has 0 rings (SSSR count). The average Bonchev–Trinajstić information content (AvgIpc) is 1.88. The summed E-state index contributed by atoms with van der Waals surface area (Å²) >= 11 is 5.66. The molecular formula is C7H17ClOSi. The van der Waals surface area contributed by atoms with E-state index >= 15 is 0 Å². The van der Waals surface area contributed by atoms with Crippen molar-refractivity contribution in [1.82, 2.24) is 0 Å². The third-order valence-corrected chi connectivity index (χ3v) is 4.35. The van der Waals surface area contributed by atoms with Crippen molar-refractivity contribution in [3.8, 4) is 0 Å². The summed E-state index contributed by atoms with van der Waals surface area (Å²) in [7, 11) is -0.862. The Morgan fingerprint density at radius 2 is 2.20 bits per heavy atom. The van der Waals surface area contributed by atoms with Gasteiger partial charge in [-0.3, -0.25) is 0 Å². The molecule has 1 nitrogen and oxygen atoms in total. The van der Waals surface area contributed by atoms with Crippen LogP contribution in [-0.2, 0) is 4.43 Å². The first-order valence-electron chi connectivity index (χ1n) is 3.88. The Hall–Kier alpha value is 0.467. The predicted octanol–water partition coefficient (Wildman–Crippen LogP) is 2.25. The van der Waals surface area contributed by atoms with E-state index in [1.807, 2.05) is 0 Å². The van der Waals surface area contributed by atoms with Crippen molar-refractivity contribution in [2.24, 2.45) is 5.92 Å². The van der Waals surface area contributed by atoms with E-state index in [2.05, 4.69) is 20.4 Å². The summed E-state index contributed by atoms with van der Waals surface area (Å²) in [4.78, 5) is 0. The van der Waals surface area contributed by atoms with E-state index in [0.29, 0.717) is 5.92 Å². The zero-order chi connectivity index (χ0) is 7.98. The topological polar surface area (TPSA) is 9.23 Å². The molecule has 0 aliphatic carbocycles. The number of hydrogen-bond donors (Lipinski definition) is 0. The van der Waals surface area contributed by atoms with Crippen LogP contribution in [0.5, 0.6) is 0 Å². The van der Waals surface area contributed by atoms with Crippen molar-refractivity contribution in [1.29, 1.82) is 0 Å². The van der Waals surface area contributed by atoms with Crippen LogP contribution in [0.15, 0.2) is 0 Å². The van der Waals surface area contributed by atoms with Gasteiger partial charge in [0.1, 0.15) is 0 Å². The van der Waals surface area contributed by atoms with Gasteiger partial charge in [0.15, 0.2) is 9.04 Å². The van der Waals surface area contributed by atoms with E-state index in [4.69, 9.17) is 16.0 Å². The van der Waals surface area contributed by atoms with Crippen molar-refractivity contribution >= 4 is 20.6 Å². The molecule has 0 aromatic heterocycles. The summed E-state index contributed by atoms with van der Waals surface area (Å²) in [6.07, 6.45) is 0. The van der Waals surface area contributed by atoms with Crippen molar-refractivity contribution in [2.75, 3.05) is 12.5 Å². The highest BCUT2D eigenvalue weighted by atomic mass is 35.5. The van der Waals surface area contributed by atoms with Crippen molar-refractivity contribution in [3.05, 3.63) is 0 Å². The Bertz CT molecular complexity index is 80.0. The largest absolute Gasteiger partial charge is 0.421 e. The fourth-order valence-electron chi connectivity index (χ4n) is 0.982. The molecule has 0 aromatic carbocycles. The van der Waals surface area contributed by atoms with Crippen LogP contribution in [-0.4, -0.2) is 21.5 Å². The maximum atomic E-state index is 5.66. The summed E-state index contributed by atoms with van der Waals surface area (Å²) in [5.74, 6) is 1.40. The minimum atomic E-state index is -0.862. The van der Waals surface area contributed by atoms with Gasteiger partial charge in [-0.25, -0.2) is 0 Å². The van der Waals surface area contributed by atoms with E-state index in [0.717, 1.165) is 12.5 Å². The average molecular weight is 181 g/mol. The zero-order valence-corrected chi connectivity index (χ0v) is 8.97. The van der Waals surface area contributed by atoms with Crippen molar-refractivity contribution < 1.29 is 4.43 Å². The van der Waals surface area contributed by atoms with Crippen LogP contribution in [0.2, 0.25) is 12.6 Å². The third kappa shape index (κ3) is 5.27. The van der Waals surface area contributed by atoms with E-state index in [1.165, 1.54) is 6.04 Å². The summed E-state index contributed by atoms with van der Waals surface area (Å²) in [6, 6.07) is 1.21. The second-order valence-electron chi connectivity index (χ2n) is 2.76. The molecule has 0 heterocycles. The quantitative estimate of drug-likeness (QED) is 0.466. The lowest BCUT2D eigenvalue weighted by molar-refractivity contribution is 0.342. The van der Waals surface area contributed by atoms with Crippen LogP contribution in [0.3, 0.4) is 0 Å². The minimum Gasteiger partial charge on any atom is -0.421 e. The number of alkyl halides is 1. The van der Waals surface area contributed by atoms with Crippen molar-refractivity contribution in [3.63, 3.8) is 0 Å². The van der Waals surface area contributed by atoms with Gasteiger partial charge in [0.25, 0.3) is 0 Å². The summed E-state index contributed by atoms with van der Waals surface area (Å²) in [6.45, 7) is 7.32. The van der Waals surface area contributed by atoms with E-state index in [9.17, 15) is 0 Å². The lowest BCUT2D eigenvalue weighted by Gasteiger charge is -2.12. The lowest BCUT2D eigenvalue weighted by atomic mass is 10.3. The molecule has 0 radical (unpaired) electrons. The second kappa shape index (κ2) is 6.19. The summed E-state index contributed by atoms with van der Waals surface area (Å²) in [5, 5.41) is 0. The van der Waals surface area contributed by atoms with Gasteiger partial charge in [-0.1, -0.05) is 6.92 Å². The molecule has 0 aromatic rings. The van der Waals surface area contributed by atoms with Gasteiger partial charge in [-0.2, -0.15) is 0 Å². The summed E-state index contributed by atoms with van der Waals surface area (Å²) in [5.41, 5.74) is 0. The molecule has 2 atom stereocenters. The SMILES string of the molecule is CCO[SiH](C)CC(C)CCl. The molecule has 2 unspecified atom stereocenters. The van der Waals surface area contributed by atoms with Gasteiger partial charge in [0.2, 0.25) is 0 Å². The number of hydrogen-bond acceptors (Lipinski definition) is 1. The lowest BCUT2D eigenvalue weighted by Crippen LogP contribution is -2.17. The summed E-state index contributed by atoms with van der Waals surface area (Å²) < 4.78 is 5.49. The monoisotopic (exact) mass is 180 g/mol. The molecule has 3 heteroatoms. The van der Waals surface area contributed by atoms with Crippen LogP contribution < -0.4 is 0 Å². The van der Waals surface area contributed by atoms with Gasteiger partial charge in [0, 0.05) is 12.5 Å². The van der Waals surface area contributed by atoms with Gasteiger partial charge in [-0.05, 0) is 25.4 Å². The molecular weight excluding hydrogens is 164 g/mol. The van der Waals surface area contributed by atoms with Crippen LogP contribution in [0, 0.1) is 5.92 Å². The molecule has 0 spiro atoms. The van der Waals surface area contributed by atoms with Gasteiger partial charge in [0.05, 0.1) is 0 Å². The Morgan fingerprint density at radius 3 is 2.60 bits per heavy atom. The fourth-order valence-corrected chi connectivity index (χ4v) is 3.32. The highest BCUT2D eigenvalue weighted by Gasteiger charge is 2.08. The van der Waals surface area contributed by atoms with E-state index in [1.54, 1.807) is 0 Å². The van der Waals surface area contributed by atoms with Crippen LogP contribution >= 0.6 is 11.6 Å². The smallest absolute Gasteiger partial charge is 0.174 e. The first-order valence-corrected chi connectivity index (χ1v) is 6.86. The Labute approximate surface area is 70.4 Å². The minimum absolute atomic E-state index is 0.634. The van der Waals surface area contributed by atoms with Gasteiger partial charge < -0.3 is 4.43 Å². The maximum absolute atomic E-state index is 5.66. The van der Waals surface area contributed by atoms with Crippen molar-refractivity contribution in [2.45, 2.75) is 26.4 Å². The van der Waals surface area contributed by atoms with Gasteiger partial charge >= 0.3 is 0 Å². The highest BCUT2D eigenvalue weighted by Crippen LogP contribution is 2.08. The second-order valence-corrected chi connectivity index (χ2v) is 5.50. The molecule has 0 bridgehead atoms. The fraction of sp³-hybridized carbons (Fsp3) is 1.00. The van der Waals surface area contributed by atoms with Crippen LogP contribution in [0.25, 0.3) is 0 Å². The molecule has 0 N–H and O–H groups in total. The number of halogens is 1. The van der Waals surface area contributed by atoms with E-state index < -0.39 is 9.04 Å². The molecule has 0 fully saturated rings. The molecule has 0 saturated heterocycles. The normalized spacial score (nSPS) is 16.8. The first kappa shape index (κ1) is 10.5. The van der Waals surface area contributed by atoms with E-state index in [-0.39, 0.29) is 0 Å². The van der Waals surface area contributed by atoms with Gasteiger partial charge in [-0.15, -0.1) is 11.6 Å². The van der Waals surface area contributed by atoms with Crippen LogP contribution in [0.1, 0.15) is 13.8 Å². The molecule has 0 aliphatic rings. The first-order chi connectivity index (χ1) is 4.70. The Morgan fingerprint density at radius 1 is 1.60 bits per heavy atom. The Kier molecular flexibility index (Phi) is 6.48. The molecule has 0 saturated carbocycles. The molecule has 0 aliphatic heterocycles. The highest BCUT2D eigenvalue weighted by molar-refractivity contribution is 6.50.